The van der Waals surface area contributed by atoms with Crippen LogP contribution in [0.15, 0.2) is 24.9 Å². The van der Waals surface area contributed by atoms with E-state index >= 15 is 0 Å². The van der Waals surface area contributed by atoms with Crippen molar-refractivity contribution in [2.75, 3.05) is 6.54 Å². The summed E-state index contributed by atoms with van der Waals surface area (Å²) in [7, 11) is 0. The lowest BCUT2D eigenvalue weighted by atomic mass is 10.2. The van der Waals surface area contributed by atoms with E-state index in [0.29, 0.717) is 6.54 Å². The molecule has 2 aromatic rings. The molecule has 0 atom stereocenters. The van der Waals surface area contributed by atoms with Gasteiger partial charge < -0.3 is 5.73 Å². The third-order valence-corrected chi connectivity index (χ3v) is 1.99. The van der Waals surface area contributed by atoms with Crippen LogP contribution in [-0.2, 0) is 6.42 Å². The summed E-state index contributed by atoms with van der Waals surface area (Å²) in [5, 5.41) is 8.02. The molecule has 0 spiro atoms. The molecule has 2 heterocycles. The molecule has 2 rings (SSSR count). The van der Waals surface area contributed by atoms with Crippen molar-refractivity contribution in [1.82, 2.24) is 25.0 Å². The van der Waals surface area contributed by atoms with E-state index in [4.69, 9.17) is 5.73 Å². The third-order valence-electron chi connectivity index (χ3n) is 1.99. The predicted octanol–water partition coefficient (Wildman–Crippen LogP) is -0.0514. The van der Waals surface area contributed by atoms with Gasteiger partial charge in [0.1, 0.15) is 12.0 Å². The van der Waals surface area contributed by atoms with Gasteiger partial charge in [-0.15, -0.1) is 5.10 Å². The van der Waals surface area contributed by atoms with Gasteiger partial charge in [-0.1, -0.05) is 5.21 Å². The van der Waals surface area contributed by atoms with Crippen molar-refractivity contribution < 1.29 is 0 Å². The Labute approximate surface area is 87.2 Å². The highest BCUT2D eigenvalue weighted by Gasteiger charge is 2.02. The monoisotopic (exact) mass is 204 g/mol. The van der Waals surface area contributed by atoms with Gasteiger partial charge in [0, 0.05) is 0 Å². The normalized spacial score (nSPS) is 10.5. The summed E-state index contributed by atoms with van der Waals surface area (Å²) >= 11 is 0. The molecule has 0 aliphatic rings. The van der Waals surface area contributed by atoms with Gasteiger partial charge in [-0.3, -0.25) is 0 Å². The number of aromatic nitrogens is 5. The molecule has 2 aromatic heterocycles. The van der Waals surface area contributed by atoms with E-state index < -0.39 is 0 Å². The molecule has 6 nitrogen and oxygen atoms in total. The van der Waals surface area contributed by atoms with Crippen LogP contribution >= 0.6 is 0 Å². The highest BCUT2D eigenvalue weighted by Crippen LogP contribution is 2.03. The van der Waals surface area contributed by atoms with Crippen molar-refractivity contribution in [3.63, 3.8) is 0 Å². The van der Waals surface area contributed by atoms with Crippen molar-refractivity contribution in [2.45, 2.75) is 12.8 Å². The van der Waals surface area contributed by atoms with Crippen LogP contribution in [0.4, 0.5) is 0 Å². The highest BCUT2D eigenvalue weighted by atomic mass is 15.4. The van der Waals surface area contributed by atoms with Gasteiger partial charge in [-0.05, 0) is 19.4 Å². The Morgan fingerprint density at radius 2 is 2.07 bits per heavy atom. The molecule has 0 amide bonds. The Kier molecular flexibility index (Phi) is 2.99. The van der Waals surface area contributed by atoms with Crippen molar-refractivity contribution in [3.05, 3.63) is 30.6 Å². The molecule has 0 fully saturated rings. The fraction of sp³-hybridized carbons (Fsp3) is 0.333. The quantitative estimate of drug-likeness (QED) is 0.754. The molecule has 0 unspecified atom stereocenters. The Hall–Kier alpha value is -1.82. The summed E-state index contributed by atoms with van der Waals surface area (Å²) in [5.74, 6) is 0. The summed E-state index contributed by atoms with van der Waals surface area (Å²) in [5.41, 5.74) is 7.16. The minimum Gasteiger partial charge on any atom is -0.330 e. The fourth-order valence-electron chi connectivity index (χ4n) is 1.23. The van der Waals surface area contributed by atoms with Gasteiger partial charge in [-0.25, -0.2) is 14.6 Å². The molecule has 0 aliphatic heterocycles. The lowest BCUT2D eigenvalue weighted by Crippen LogP contribution is -2.00. The summed E-state index contributed by atoms with van der Waals surface area (Å²) in [4.78, 5) is 7.83. The second-order valence-electron chi connectivity index (χ2n) is 3.14. The van der Waals surface area contributed by atoms with E-state index in [1.54, 1.807) is 17.1 Å². The number of nitrogens with two attached hydrogens (primary N) is 1. The summed E-state index contributed by atoms with van der Waals surface area (Å²) in [6, 6.07) is 0. The molecule has 2 N–H and O–H groups in total. The van der Waals surface area contributed by atoms with Crippen LogP contribution in [-0.4, -0.2) is 31.5 Å². The number of aryl methyl sites for hydroxylation is 1. The summed E-state index contributed by atoms with van der Waals surface area (Å²) < 4.78 is 1.66. The lowest BCUT2D eigenvalue weighted by Gasteiger charge is -1.95. The number of rotatable bonds is 4. The SMILES string of the molecule is NCCCc1cn(-c2cncnc2)nn1. The van der Waals surface area contributed by atoms with E-state index in [0.717, 1.165) is 24.2 Å². The van der Waals surface area contributed by atoms with E-state index in [9.17, 15) is 0 Å². The zero-order valence-corrected chi connectivity index (χ0v) is 8.24. The summed E-state index contributed by atoms with van der Waals surface area (Å²) in [6.45, 7) is 0.668. The first kappa shape index (κ1) is 9.72. The Morgan fingerprint density at radius 1 is 1.27 bits per heavy atom. The number of hydrogen-bond donors (Lipinski definition) is 1. The second kappa shape index (κ2) is 4.61. The second-order valence-corrected chi connectivity index (χ2v) is 3.14. The molecule has 15 heavy (non-hydrogen) atoms. The zero-order chi connectivity index (χ0) is 10.5. The van der Waals surface area contributed by atoms with Crippen LogP contribution in [0.3, 0.4) is 0 Å². The standard InChI is InChI=1S/C9H12N6/c10-3-1-2-8-6-15(14-13-8)9-4-11-7-12-5-9/h4-7H,1-3,10H2. The van der Waals surface area contributed by atoms with E-state index in [2.05, 4.69) is 20.3 Å². The van der Waals surface area contributed by atoms with E-state index in [1.165, 1.54) is 6.33 Å². The Morgan fingerprint density at radius 3 is 2.80 bits per heavy atom. The molecular formula is C9H12N6. The van der Waals surface area contributed by atoms with Gasteiger partial charge in [0.25, 0.3) is 0 Å². The first-order valence-electron chi connectivity index (χ1n) is 4.77. The number of hydrogen-bond acceptors (Lipinski definition) is 5. The van der Waals surface area contributed by atoms with Crippen LogP contribution in [0.1, 0.15) is 12.1 Å². The average Bonchev–Trinajstić information content (AvgIpc) is 2.76. The Balaban J connectivity index is 2.14. The molecule has 6 heteroatoms. The largest absolute Gasteiger partial charge is 0.330 e. The van der Waals surface area contributed by atoms with Gasteiger partial charge in [0.05, 0.1) is 24.3 Å². The van der Waals surface area contributed by atoms with Crippen LogP contribution in [0.2, 0.25) is 0 Å². The van der Waals surface area contributed by atoms with Gasteiger partial charge >= 0.3 is 0 Å². The molecule has 78 valence electrons. The molecule has 0 aromatic carbocycles. The molecular weight excluding hydrogens is 192 g/mol. The van der Waals surface area contributed by atoms with Gasteiger partial charge in [0.2, 0.25) is 0 Å². The lowest BCUT2D eigenvalue weighted by molar-refractivity contribution is 0.774. The van der Waals surface area contributed by atoms with Crippen LogP contribution in [0, 0.1) is 0 Å². The maximum absolute atomic E-state index is 5.42. The maximum atomic E-state index is 5.42. The first-order valence-corrected chi connectivity index (χ1v) is 4.77. The fourth-order valence-corrected chi connectivity index (χ4v) is 1.23. The minimum atomic E-state index is 0.668. The maximum Gasteiger partial charge on any atom is 0.115 e. The predicted molar refractivity (Wildman–Crippen MR) is 54.3 cm³/mol. The molecule has 0 saturated carbocycles. The molecule has 0 aliphatic carbocycles. The number of nitrogens with zero attached hydrogens (tertiary/aromatic N) is 5. The zero-order valence-electron chi connectivity index (χ0n) is 8.24. The van der Waals surface area contributed by atoms with Crippen LogP contribution in [0.5, 0.6) is 0 Å². The van der Waals surface area contributed by atoms with Crippen molar-refractivity contribution in [3.8, 4) is 5.69 Å². The summed E-state index contributed by atoms with van der Waals surface area (Å²) in [6.07, 6.45) is 8.50. The van der Waals surface area contributed by atoms with Crippen molar-refractivity contribution in [2.24, 2.45) is 5.73 Å². The van der Waals surface area contributed by atoms with Crippen LogP contribution in [0.25, 0.3) is 5.69 Å². The smallest absolute Gasteiger partial charge is 0.115 e. The van der Waals surface area contributed by atoms with Crippen molar-refractivity contribution in [1.29, 1.82) is 0 Å². The molecule has 0 saturated heterocycles. The highest BCUT2D eigenvalue weighted by molar-refractivity contribution is 5.22. The first-order chi connectivity index (χ1) is 7.40. The Bertz CT molecular complexity index is 410. The van der Waals surface area contributed by atoms with E-state index in [-0.39, 0.29) is 0 Å². The minimum absolute atomic E-state index is 0.668. The average molecular weight is 204 g/mol. The van der Waals surface area contributed by atoms with Crippen LogP contribution < -0.4 is 5.73 Å². The van der Waals surface area contributed by atoms with Gasteiger partial charge in [-0.2, -0.15) is 0 Å². The molecule has 0 bridgehead atoms. The van der Waals surface area contributed by atoms with Crippen molar-refractivity contribution >= 4 is 0 Å². The van der Waals surface area contributed by atoms with E-state index in [1.807, 2.05) is 6.20 Å². The van der Waals surface area contributed by atoms with Gasteiger partial charge in [0.15, 0.2) is 0 Å². The molecule has 0 radical (unpaired) electrons. The third kappa shape index (κ3) is 2.35. The topological polar surface area (TPSA) is 82.5 Å².